The van der Waals surface area contributed by atoms with E-state index in [-0.39, 0.29) is 30.2 Å². The molecule has 4 rings (SSSR count). The monoisotopic (exact) mass is 462 g/mol. The van der Waals surface area contributed by atoms with Crippen LogP contribution in [0, 0.1) is 0 Å². The first-order chi connectivity index (χ1) is 14.4. The minimum Gasteiger partial charge on any atom is -1.00 e. The molecule has 5 atom stereocenters. The van der Waals surface area contributed by atoms with Gasteiger partial charge in [-0.05, 0) is 0 Å². The lowest BCUT2D eigenvalue weighted by molar-refractivity contribution is -0.903. The molecule has 0 spiro atoms. The maximum Gasteiger partial charge on any atom is 0.278 e. The Hall–Kier alpha value is -1.84. The Bertz CT molecular complexity index is 933. The molecule has 14 heteroatoms. The Kier molecular flexibility index (Phi) is 7.49. The van der Waals surface area contributed by atoms with Gasteiger partial charge in [-0.25, -0.2) is 9.97 Å². The van der Waals surface area contributed by atoms with Crippen molar-refractivity contribution in [3.63, 3.8) is 0 Å². The van der Waals surface area contributed by atoms with E-state index in [0.29, 0.717) is 38.7 Å². The molecule has 4 heterocycles. The van der Waals surface area contributed by atoms with Crippen LogP contribution in [0.4, 0.5) is 5.95 Å². The first-order valence-corrected chi connectivity index (χ1v) is 9.90. The summed E-state index contributed by atoms with van der Waals surface area (Å²) in [6.07, 6.45) is -4.24. The van der Waals surface area contributed by atoms with Gasteiger partial charge in [0.1, 0.15) is 31.0 Å². The molecule has 2 aliphatic heterocycles. The fourth-order valence-electron chi connectivity index (χ4n) is 4.08. The summed E-state index contributed by atoms with van der Waals surface area (Å²) < 4.78 is 7.16. The summed E-state index contributed by atoms with van der Waals surface area (Å²) in [5.74, 6) is 0.366. The molecule has 31 heavy (non-hydrogen) atoms. The van der Waals surface area contributed by atoms with Crippen LogP contribution in [-0.4, -0.2) is 115 Å². The van der Waals surface area contributed by atoms with Gasteiger partial charge in [-0.2, -0.15) is 0 Å². The molecule has 2 aromatic rings. The molecule has 0 bridgehead atoms. The maximum absolute atomic E-state index is 12.3. The van der Waals surface area contributed by atoms with E-state index >= 15 is 0 Å². The summed E-state index contributed by atoms with van der Waals surface area (Å²) in [5, 5.41) is 48.8. The topological polar surface area (TPSA) is 182 Å². The number of aromatic nitrogens is 4. The van der Waals surface area contributed by atoms with E-state index in [0.717, 1.165) is 4.90 Å². The predicted octanol–water partition coefficient (Wildman–Crippen LogP) is -8.21. The Morgan fingerprint density at radius 1 is 1.26 bits per heavy atom. The van der Waals surface area contributed by atoms with Gasteiger partial charge >= 0.3 is 0 Å². The largest absolute Gasteiger partial charge is 1.00 e. The molecule has 7 N–H and O–H groups in total. The zero-order valence-electron chi connectivity index (χ0n) is 16.6. The van der Waals surface area contributed by atoms with E-state index in [1.807, 2.05) is 4.90 Å². The summed E-state index contributed by atoms with van der Waals surface area (Å²) >= 11 is 0. The van der Waals surface area contributed by atoms with Gasteiger partial charge in [-0.1, -0.05) is 0 Å². The highest BCUT2D eigenvalue weighted by molar-refractivity contribution is 5.73. The van der Waals surface area contributed by atoms with E-state index in [4.69, 9.17) is 9.84 Å². The third-order valence-corrected chi connectivity index (χ3v) is 5.72. The third-order valence-electron chi connectivity index (χ3n) is 5.72. The smallest absolute Gasteiger partial charge is 0.278 e. The lowest BCUT2D eigenvalue weighted by atomic mass is 10.1. The normalized spacial score (nSPS) is 28.1. The first-order valence-electron chi connectivity index (χ1n) is 9.90. The minimum absolute atomic E-state index is 0. The van der Waals surface area contributed by atoms with Crippen molar-refractivity contribution >= 4 is 17.1 Å². The Morgan fingerprint density at radius 3 is 2.58 bits per heavy atom. The molecule has 0 radical (unpaired) electrons. The average Bonchev–Trinajstić information content (AvgIpc) is 3.27. The van der Waals surface area contributed by atoms with Gasteiger partial charge in [0.15, 0.2) is 17.4 Å². The fraction of sp³-hybridized carbons (Fsp3) is 0.706. The van der Waals surface area contributed by atoms with E-state index in [1.165, 1.54) is 10.9 Å². The number of quaternary nitrogens is 1. The van der Waals surface area contributed by atoms with Crippen LogP contribution in [0.1, 0.15) is 6.23 Å². The number of piperazine rings is 1. The van der Waals surface area contributed by atoms with Crippen molar-refractivity contribution in [2.24, 2.45) is 0 Å². The van der Waals surface area contributed by atoms with Gasteiger partial charge in [0, 0.05) is 0 Å². The van der Waals surface area contributed by atoms with Crippen molar-refractivity contribution in [3.05, 3.63) is 16.7 Å². The van der Waals surface area contributed by atoms with E-state index in [1.54, 1.807) is 0 Å². The van der Waals surface area contributed by atoms with E-state index in [2.05, 4.69) is 15.0 Å². The lowest BCUT2D eigenvalue weighted by Gasteiger charge is -2.34. The fourth-order valence-corrected chi connectivity index (χ4v) is 4.08. The number of hydrogen-bond acceptors (Lipinski definition) is 10. The summed E-state index contributed by atoms with van der Waals surface area (Å²) in [7, 11) is 0. The molecule has 0 aliphatic carbocycles. The molecule has 174 valence electrons. The Labute approximate surface area is 182 Å². The Balaban J connectivity index is 0.00000272. The molecular formula is C17H27ClN6O7. The summed E-state index contributed by atoms with van der Waals surface area (Å²) in [6, 6.07) is 0. The number of H-pyrrole nitrogens is 1. The van der Waals surface area contributed by atoms with Crippen molar-refractivity contribution < 1.29 is 47.6 Å². The number of fused-ring (bicyclic) bond motifs is 1. The number of hydrogen-bond donors (Lipinski definition) is 7. The maximum atomic E-state index is 12.3. The number of aliphatic hydroxyl groups excluding tert-OH is 5. The molecule has 0 aromatic carbocycles. The first kappa shape index (κ1) is 23.8. The van der Waals surface area contributed by atoms with Crippen LogP contribution in [0.5, 0.6) is 0 Å². The number of anilines is 1. The lowest BCUT2D eigenvalue weighted by Crippen LogP contribution is -3.16. The standard InChI is InChI=1S/C17H26N6O7.ClH/c24-6-9(26)5-21-1-3-22(4-2-21)17-20-11-14(18-8-19-15(11)29)23(17)16-13(28)12(27)10(7-25)30-16;/h8-10,12-13,16,24-28H,1-7H2,(H,18,19,29);1H. The van der Waals surface area contributed by atoms with Crippen molar-refractivity contribution in [2.75, 3.05) is 50.8 Å². The van der Waals surface area contributed by atoms with Gasteiger partial charge in [0.05, 0.1) is 45.7 Å². The third kappa shape index (κ3) is 4.40. The molecule has 13 nitrogen and oxygen atoms in total. The van der Waals surface area contributed by atoms with Crippen LogP contribution in [0.25, 0.3) is 11.2 Å². The molecule has 0 amide bonds. The number of nitrogens with one attached hydrogen (secondary N) is 2. The second-order valence-electron chi connectivity index (χ2n) is 7.69. The zero-order valence-corrected chi connectivity index (χ0v) is 17.4. The second kappa shape index (κ2) is 9.75. The molecule has 2 fully saturated rings. The Morgan fingerprint density at radius 2 is 1.97 bits per heavy atom. The zero-order chi connectivity index (χ0) is 21.4. The van der Waals surface area contributed by atoms with Crippen LogP contribution in [0.2, 0.25) is 0 Å². The molecule has 2 aliphatic rings. The summed E-state index contributed by atoms with van der Waals surface area (Å²) in [6.45, 7) is 2.09. The summed E-state index contributed by atoms with van der Waals surface area (Å²) in [4.78, 5) is 26.4. The second-order valence-corrected chi connectivity index (χ2v) is 7.69. The number of ether oxygens (including phenoxy) is 1. The van der Waals surface area contributed by atoms with Gasteiger partial charge in [0.2, 0.25) is 5.95 Å². The van der Waals surface area contributed by atoms with Gasteiger partial charge in [-0.3, -0.25) is 9.36 Å². The van der Waals surface area contributed by atoms with Crippen LogP contribution in [0.3, 0.4) is 0 Å². The van der Waals surface area contributed by atoms with Crippen LogP contribution >= 0.6 is 0 Å². The van der Waals surface area contributed by atoms with Crippen LogP contribution in [-0.2, 0) is 4.74 Å². The minimum atomic E-state index is -1.34. The van der Waals surface area contributed by atoms with Crippen molar-refractivity contribution in [2.45, 2.75) is 30.6 Å². The molecule has 2 saturated heterocycles. The average molecular weight is 463 g/mol. The number of nitrogens with zero attached hydrogens (tertiary/aromatic N) is 4. The predicted molar refractivity (Wildman–Crippen MR) is 102 cm³/mol. The molecule has 0 saturated carbocycles. The van der Waals surface area contributed by atoms with E-state index < -0.39 is 42.8 Å². The SMILES string of the molecule is O=c1[nH]cnc2c1nc(N1CC[NH+](CC(O)CO)CC1)n2C1OC(CO)C(O)C1O.[Cl-]. The highest BCUT2D eigenvalue weighted by Crippen LogP contribution is 2.34. The van der Waals surface area contributed by atoms with Gasteiger partial charge in [-0.15, -0.1) is 0 Å². The number of rotatable bonds is 6. The van der Waals surface area contributed by atoms with Crippen LogP contribution < -0.4 is 27.8 Å². The van der Waals surface area contributed by atoms with Gasteiger partial charge in [0.25, 0.3) is 5.56 Å². The number of halogens is 1. The highest BCUT2D eigenvalue weighted by atomic mass is 35.5. The molecule has 5 unspecified atom stereocenters. The van der Waals surface area contributed by atoms with Gasteiger partial charge < -0.3 is 57.5 Å². The number of aliphatic hydroxyl groups is 5. The summed E-state index contributed by atoms with van der Waals surface area (Å²) in [5.41, 5.74) is -0.160. The van der Waals surface area contributed by atoms with Crippen molar-refractivity contribution in [3.8, 4) is 0 Å². The quantitative estimate of drug-likeness (QED) is 0.218. The number of aromatic amines is 1. The van der Waals surface area contributed by atoms with Crippen molar-refractivity contribution in [1.82, 2.24) is 19.5 Å². The number of imidazole rings is 1. The van der Waals surface area contributed by atoms with Crippen molar-refractivity contribution in [1.29, 1.82) is 0 Å². The molecular weight excluding hydrogens is 436 g/mol. The molecule has 2 aromatic heterocycles. The van der Waals surface area contributed by atoms with Crippen LogP contribution in [0.15, 0.2) is 11.1 Å². The highest BCUT2D eigenvalue weighted by Gasteiger charge is 2.45. The van der Waals surface area contributed by atoms with E-state index in [9.17, 15) is 25.2 Å².